The molecule has 0 fully saturated rings. The number of nitrogens with one attached hydrogen (secondary N) is 5. The van der Waals surface area contributed by atoms with Crippen molar-refractivity contribution in [3.63, 3.8) is 0 Å². The third kappa shape index (κ3) is 64.6. The maximum atomic E-state index is 3.94. The van der Waals surface area contributed by atoms with Gasteiger partial charge in [-0.3, -0.25) is 9.98 Å². The molecule has 48 heavy (non-hydrogen) atoms. The quantitative estimate of drug-likeness (QED) is 0.178. The molecule has 0 bridgehead atoms. The topological polar surface area (TPSA) is 97.2 Å². The van der Waals surface area contributed by atoms with Crippen LogP contribution in [0.5, 0.6) is 0 Å². The molecule has 0 saturated heterocycles. The van der Waals surface area contributed by atoms with E-state index in [0.717, 1.165) is 71.7 Å². The van der Waals surface area contributed by atoms with Crippen molar-refractivity contribution in [3.05, 3.63) is 111 Å². The van der Waals surface area contributed by atoms with E-state index in [1.807, 2.05) is 30.5 Å². The summed E-state index contributed by atoms with van der Waals surface area (Å²) in [6.45, 7) is 45.2. The fourth-order valence-corrected chi connectivity index (χ4v) is 1.97. The summed E-state index contributed by atoms with van der Waals surface area (Å²) >= 11 is 0. The summed E-state index contributed by atoms with van der Waals surface area (Å²) in [4.78, 5) is 11.7. The van der Waals surface area contributed by atoms with Gasteiger partial charge in [0, 0.05) is 66.6 Å². The summed E-state index contributed by atoms with van der Waals surface area (Å²) < 4.78 is 0. The normalized spacial score (nSPS) is 14.8. The third-order valence-electron chi connectivity index (χ3n) is 3.51. The lowest BCUT2D eigenvalue weighted by Gasteiger charge is -2.12. The molecule has 4 aliphatic rings. The Kier molecular flexibility index (Phi) is 39.1. The molecule has 0 radical (unpaired) electrons. The Morgan fingerprint density at radius 2 is 1.08 bits per heavy atom. The second-order valence-corrected chi connectivity index (χ2v) is 13.3. The first-order valence-electron chi connectivity index (χ1n) is 16.8. The number of allylic oxidation sites excluding steroid dienone is 4. The Labute approximate surface area is 296 Å². The van der Waals surface area contributed by atoms with Crippen LogP contribution in [0.2, 0.25) is 0 Å². The number of hydrogen-bond donors (Lipinski definition) is 5. The average molecular weight is 665 g/mol. The Morgan fingerprint density at radius 1 is 0.542 bits per heavy atom. The van der Waals surface area contributed by atoms with Gasteiger partial charge in [0.15, 0.2) is 0 Å². The molecule has 0 unspecified atom stereocenters. The summed E-state index contributed by atoms with van der Waals surface area (Å²) in [6, 6.07) is 0. The van der Waals surface area contributed by atoms with E-state index in [1.54, 1.807) is 37.5 Å². The number of hydrogen-bond acceptors (Lipinski definition) is 8. The minimum absolute atomic E-state index is 0.756. The van der Waals surface area contributed by atoms with Crippen LogP contribution in [0.15, 0.2) is 126 Å². The highest BCUT2D eigenvalue weighted by molar-refractivity contribution is 5.62. The molecule has 0 amide bonds. The van der Waals surface area contributed by atoms with E-state index >= 15 is 0 Å². The zero-order valence-corrected chi connectivity index (χ0v) is 32.7. The molecule has 0 atom stereocenters. The maximum Gasteiger partial charge on any atom is 0.0997 e. The van der Waals surface area contributed by atoms with Gasteiger partial charge in [0.05, 0.1) is 25.0 Å². The molecule has 272 valence electrons. The lowest BCUT2D eigenvalue weighted by Crippen LogP contribution is -2.23. The van der Waals surface area contributed by atoms with Gasteiger partial charge < -0.3 is 26.6 Å². The molecule has 5 N–H and O–H groups in total. The zero-order valence-electron chi connectivity index (χ0n) is 32.7. The molecule has 0 aliphatic carbocycles. The van der Waals surface area contributed by atoms with Crippen molar-refractivity contribution in [2.75, 3.05) is 6.54 Å². The Morgan fingerprint density at radius 3 is 1.58 bits per heavy atom. The Balaban J connectivity index is -0.000000236. The van der Waals surface area contributed by atoms with Gasteiger partial charge in [-0.05, 0) is 35.8 Å². The maximum absolute atomic E-state index is 3.94. The van der Waals surface area contributed by atoms with Gasteiger partial charge in [-0.25, -0.2) is 4.99 Å². The molecule has 8 nitrogen and oxygen atoms in total. The monoisotopic (exact) mass is 665 g/mol. The standard InChI is InChI=1S/4C6H8N2.4C4H10/c1-5-3-4-7-6(2)8-5;1-6-2-3-7-4-5-8-6;2*1-6-3-2-4-7-5-8-6;4*1-4(2)3/h3-4,7-8H,1-2H2;3-5,8H,1-2H2;2,4-5H,1,3H2,(H,7,8);2-3,5H,1,4H2,(H,7,8);4*4H,1-3H3. The highest BCUT2D eigenvalue weighted by Gasteiger charge is 1.94. The van der Waals surface area contributed by atoms with Crippen LogP contribution in [-0.4, -0.2) is 25.4 Å². The Bertz CT molecular complexity index is 940. The van der Waals surface area contributed by atoms with E-state index in [0.29, 0.717) is 0 Å². The van der Waals surface area contributed by atoms with Crippen molar-refractivity contribution < 1.29 is 0 Å². The predicted molar refractivity (Wildman–Crippen MR) is 220 cm³/mol. The van der Waals surface area contributed by atoms with Gasteiger partial charge in [0.25, 0.3) is 0 Å². The first-order chi connectivity index (χ1) is 22.4. The van der Waals surface area contributed by atoms with Gasteiger partial charge in [0.2, 0.25) is 0 Å². The van der Waals surface area contributed by atoms with Crippen LogP contribution in [-0.2, 0) is 0 Å². The predicted octanol–water partition coefficient (Wildman–Crippen LogP) is 10.1. The van der Waals surface area contributed by atoms with Crippen LogP contribution in [0, 0.1) is 23.7 Å². The van der Waals surface area contributed by atoms with Crippen molar-refractivity contribution in [3.8, 4) is 0 Å². The molecule has 8 heteroatoms. The van der Waals surface area contributed by atoms with E-state index in [1.165, 1.54) is 0 Å². The summed E-state index contributed by atoms with van der Waals surface area (Å²) in [7, 11) is 0. The van der Waals surface area contributed by atoms with Crippen molar-refractivity contribution in [2.45, 2.75) is 95.9 Å². The van der Waals surface area contributed by atoms with Gasteiger partial charge in [0.1, 0.15) is 0 Å². The van der Waals surface area contributed by atoms with Crippen LogP contribution < -0.4 is 26.6 Å². The Hall–Kier alpha value is -4.33. The van der Waals surface area contributed by atoms with E-state index in [-0.39, 0.29) is 0 Å². The summed E-state index contributed by atoms with van der Waals surface area (Å²) in [5, 5.41) is 14.5. The minimum atomic E-state index is 0.756. The molecule has 0 spiro atoms. The first-order valence-corrected chi connectivity index (χ1v) is 16.8. The lowest BCUT2D eigenvalue weighted by molar-refractivity contribution is 0.736. The van der Waals surface area contributed by atoms with E-state index < -0.39 is 0 Å². The molecule has 0 saturated carbocycles. The number of aliphatic imine (C=N–C) groups is 3. The number of nitrogens with zero attached hydrogens (tertiary/aromatic N) is 3. The third-order valence-corrected chi connectivity index (χ3v) is 3.51. The van der Waals surface area contributed by atoms with E-state index in [9.17, 15) is 0 Å². The second-order valence-electron chi connectivity index (χ2n) is 13.3. The van der Waals surface area contributed by atoms with Gasteiger partial charge in [-0.15, -0.1) is 0 Å². The highest BCUT2D eigenvalue weighted by Crippen LogP contribution is 1.96. The van der Waals surface area contributed by atoms with Crippen LogP contribution >= 0.6 is 0 Å². The summed E-state index contributed by atoms with van der Waals surface area (Å²) in [5.41, 5.74) is 3.74. The largest absolute Gasteiger partial charge is 0.364 e. The lowest BCUT2D eigenvalue weighted by atomic mass is 10.3. The summed E-state index contributed by atoms with van der Waals surface area (Å²) in [6.07, 6.45) is 21.5. The van der Waals surface area contributed by atoms with Gasteiger partial charge in [-0.1, -0.05) is 128 Å². The average Bonchev–Trinajstić information content (AvgIpc) is 3.44. The highest BCUT2D eigenvalue weighted by atomic mass is 15.1. The van der Waals surface area contributed by atoms with Crippen molar-refractivity contribution in [1.29, 1.82) is 0 Å². The van der Waals surface area contributed by atoms with Crippen LogP contribution in [0.4, 0.5) is 0 Å². The minimum Gasteiger partial charge on any atom is -0.364 e. The summed E-state index contributed by atoms with van der Waals surface area (Å²) in [5.74, 6) is 4.11. The van der Waals surface area contributed by atoms with Crippen LogP contribution in [0.25, 0.3) is 0 Å². The second kappa shape index (κ2) is 37.1. The first kappa shape index (κ1) is 50.5. The molecule has 4 heterocycles. The van der Waals surface area contributed by atoms with Crippen molar-refractivity contribution in [1.82, 2.24) is 26.6 Å². The van der Waals surface area contributed by atoms with Crippen LogP contribution in [0.1, 0.15) is 95.9 Å². The zero-order chi connectivity index (χ0) is 37.8. The molecule has 0 aromatic rings. The van der Waals surface area contributed by atoms with Crippen molar-refractivity contribution in [2.24, 2.45) is 38.6 Å². The molecule has 0 aromatic carbocycles. The fraction of sp³-hybridized carbons (Fsp3) is 0.475. The molecule has 4 rings (SSSR count). The fourth-order valence-electron chi connectivity index (χ4n) is 1.97. The van der Waals surface area contributed by atoms with Crippen LogP contribution in [0.3, 0.4) is 0 Å². The molecule has 4 aliphatic heterocycles. The molecular weight excluding hydrogens is 592 g/mol. The smallest absolute Gasteiger partial charge is 0.0997 e. The molecule has 0 aromatic heterocycles. The van der Waals surface area contributed by atoms with E-state index in [2.05, 4.69) is 158 Å². The SMILES string of the molecule is C=C1C=CCN=CN1.C=C1C=CNC(=C)N1.C=C1CC=CN=CN1.C=C1CC=NC=CN1.CC(C)C.CC(C)C.CC(C)C.CC(C)C. The van der Waals surface area contributed by atoms with E-state index in [4.69, 9.17) is 0 Å². The van der Waals surface area contributed by atoms with Crippen molar-refractivity contribution >= 4 is 18.9 Å². The van der Waals surface area contributed by atoms with Gasteiger partial charge in [-0.2, -0.15) is 0 Å². The number of rotatable bonds is 0. The molecular formula is C40H72N8. The van der Waals surface area contributed by atoms with Gasteiger partial charge >= 0.3 is 0 Å².